The van der Waals surface area contributed by atoms with Crippen LogP contribution in [0, 0.1) is 11.6 Å². The average Bonchev–Trinajstić information content (AvgIpc) is 3.17. The highest BCUT2D eigenvalue weighted by Crippen LogP contribution is 2.30. The van der Waals surface area contributed by atoms with Crippen LogP contribution < -0.4 is 0 Å². The lowest BCUT2D eigenvalue weighted by Gasteiger charge is -2.21. The largest absolute Gasteiger partial charge is 0.292 e. The van der Waals surface area contributed by atoms with Crippen molar-refractivity contribution in [3.05, 3.63) is 53.4 Å². The molecule has 0 unspecified atom stereocenters. The minimum atomic E-state index is -0.793. The van der Waals surface area contributed by atoms with Crippen molar-refractivity contribution < 1.29 is 8.78 Å². The van der Waals surface area contributed by atoms with Crippen molar-refractivity contribution in [2.75, 3.05) is 0 Å². The first-order valence-electron chi connectivity index (χ1n) is 6.77. The summed E-state index contributed by atoms with van der Waals surface area (Å²) in [5.74, 6) is -1.57. The van der Waals surface area contributed by atoms with Gasteiger partial charge in [0.15, 0.2) is 11.6 Å². The van der Waals surface area contributed by atoms with Crippen molar-refractivity contribution >= 4 is 0 Å². The summed E-state index contributed by atoms with van der Waals surface area (Å²) in [4.78, 5) is 2.30. The monoisotopic (exact) mass is 277 g/mol. The van der Waals surface area contributed by atoms with Crippen LogP contribution in [0.2, 0.25) is 0 Å². The third kappa shape index (κ3) is 3.04. The van der Waals surface area contributed by atoms with Crippen molar-refractivity contribution in [1.82, 2.24) is 14.7 Å². The molecule has 0 radical (unpaired) electrons. The van der Waals surface area contributed by atoms with Crippen molar-refractivity contribution in [2.45, 2.75) is 32.0 Å². The minimum absolute atomic E-state index is 0.545. The zero-order valence-corrected chi connectivity index (χ0v) is 11.4. The molecular formula is C15H17F2N3. The zero-order valence-electron chi connectivity index (χ0n) is 11.4. The number of hydrogen-bond acceptors (Lipinski definition) is 2. The molecule has 1 saturated carbocycles. The van der Waals surface area contributed by atoms with Gasteiger partial charge in [-0.2, -0.15) is 5.10 Å². The van der Waals surface area contributed by atoms with Crippen LogP contribution in [0.15, 0.2) is 30.6 Å². The van der Waals surface area contributed by atoms with Gasteiger partial charge in [-0.1, -0.05) is 6.07 Å². The predicted octanol–water partition coefficient (Wildman–Crippen LogP) is 2.86. The van der Waals surface area contributed by atoms with E-state index in [1.807, 2.05) is 19.4 Å². The summed E-state index contributed by atoms with van der Waals surface area (Å²) < 4.78 is 28.0. The van der Waals surface area contributed by atoms with Gasteiger partial charge in [0.2, 0.25) is 0 Å². The van der Waals surface area contributed by atoms with Crippen LogP contribution in [0.5, 0.6) is 0 Å². The van der Waals surface area contributed by atoms with E-state index >= 15 is 0 Å². The Morgan fingerprint density at radius 2 is 1.95 bits per heavy atom. The van der Waals surface area contributed by atoms with Crippen molar-refractivity contribution in [2.24, 2.45) is 7.05 Å². The quantitative estimate of drug-likeness (QED) is 0.838. The van der Waals surface area contributed by atoms with Gasteiger partial charge in [-0.3, -0.25) is 9.58 Å². The summed E-state index contributed by atoms with van der Waals surface area (Å²) in [7, 11) is 1.89. The highest BCUT2D eigenvalue weighted by molar-refractivity contribution is 5.18. The van der Waals surface area contributed by atoms with Crippen LogP contribution in [-0.2, 0) is 20.1 Å². The molecule has 20 heavy (non-hydrogen) atoms. The first-order valence-corrected chi connectivity index (χ1v) is 6.77. The molecule has 3 nitrogen and oxygen atoms in total. The highest BCUT2D eigenvalue weighted by atomic mass is 19.2. The van der Waals surface area contributed by atoms with E-state index in [0.717, 1.165) is 17.7 Å². The third-order valence-corrected chi connectivity index (χ3v) is 3.58. The molecule has 0 saturated heterocycles. The second-order valence-corrected chi connectivity index (χ2v) is 5.41. The summed E-state index contributed by atoms with van der Waals surface area (Å²) >= 11 is 0. The van der Waals surface area contributed by atoms with E-state index in [4.69, 9.17) is 0 Å². The summed E-state index contributed by atoms with van der Waals surface area (Å²) in [6.45, 7) is 1.42. The van der Waals surface area contributed by atoms with Gasteiger partial charge in [-0.15, -0.1) is 0 Å². The van der Waals surface area contributed by atoms with Crippen LogP contribution in [-0.4, -0.2) is 20.7 Å². The molecule has 0 amide bonds. The molecule has 1 aliphatic carbocycles. The van der Waals surface area contributed by atoms with Gasteiger partial charge < -0.3 is 0 Å². The van der Waals surface area contributed by atoms with E-state index in [0.29, 0.717) is 12.6 Å². The molecule has 2 aromatic rings. The first kappa shape index (κ1) is 13.2. The van der Waals surface area contributed by atoms with E-state index in [-0.39, 0.29) is 0 Å². The van der Waals surface area contributed by atoms with Gasteiger partial charge in [0.25, 0.3) is 0 Å². The summed E-state index contributed by atoms with van der Waals surface area (Å²) in [5.41, 5.74) is 1.95. The molecule has 5 heteroatoms. The fourth-order valence-corrected chi connectivity index (χ4v) is 2.41. The Morgan fingerprint density at radius 3 is 2.55 bits per heavy atom. The topological polar surface area (TPSA) is 21.1 Å². The maximum absolute atomic E-state index is 13.3. The van der Waals surface area contributed by atoms with Crippen LogP contribution in [0.25, 0.3) is 0 Å². The van der Waals surface area contributed by atoms with Crippen LogP contribution >= 0.6 is 0 Å². The maximum Gasteiger partial charge on any atom is 0.159 e. The zero-order chi connectivity index (χ0) is 14.1. The van der Waals surface area contributed by atoms with E-state index in [2.05, 4.69) is 10.00 Å². The molecular weight excluding hydrogens is 260 g/mol. The lowest BCUT2D eigenvalue weighted by molar-refractivity contribution is 0.245. The number of hydrogen-bond donors (Lipinski definition) is 0. The van der Waals surface area contributed by atoms with Crippen LogP contribution in [0.3, 0.4) is 0 Å². The minimum Gasteiger partial charge on any atom is -0.292 e. The SMILES string of the molecule is Cn1cc(CN(Cc2ccc(F)c(F)c2)C2CC2)cn1. The second-order valence-electron chi connectivity index (χ2n) is 5.41. The van der Waals surface area contributed by atoms with Gasteiger partial charge >= 0.3 is 0 Å². The fraction of sp³-hybridized carbons (Fsp3) is 0.400. The molecule has 1 heterocycles. The molecule has 0 spiro atoms. The molecule has 0 atom stereocenters. The average molecular weight is 277 g/mol. The van der Waals surface area contributed by atoms with E-state index in [1.54, 1.807) is 10.7 Å². The molecule has 0 aliphatic heterocycles. The third-order valence-electron chi connectivity index (χ3n) is 3.58. The summed E-state index contributed by atoms with van der Waals surface area (Å²) in [6, 6.07) is 4.67. The standard InChI is InChI=1S/C15H17F2N3/c1-19-8-12(7-18-19)10-20(13-3-4-13)9-11-2-5-14(16)15(17)6-11/h2,5-8,13H,3-4,9-10H2,1H3. The normalized spacial score (nSPS) is 15.0. The lowest BCUT2D eigenvalue weighted by atomic mass is 10.2. The highest BCUT2D eigenvalue weighted by Gasteiger charge is 2.29. The Bertz CT molecular complexity index is 605. The smallest absolute Gasteiger partial charge is 0.159 e. The summed E-state index contributed by atoms with van der Waals surface area (Å²) in [5, 5.41) is 4.16. The second kappa shape index (κ2) is 5.32. The number of benzene rings is 1. The Balaban J connectivity index is 1.72. The molecule has 1 aliphatic rings. The van der Waals surface area contributed by atoms with Crippen molar-refractivity contribution in [1.29, 1.82) is 0 Å². The molecule has 1 aromatic carbocycles. The van der Waals surface area contributed by atoms with Crippen LogP contribution in [0.1, 0.15) is 24.0 Å². The van der Waals surface area contributed by atoms with Gasteiger partial charge in [-0.25, -0.2) is 8.78 Å². The molecule has 0 bridgehead atoms. The molecule has 3 rings (SSSR count). The van der Waals surface area contributed by atoms with Gasteiger partial charge in [0, 0.05) is 37.9 Å². The summed E-state index contributed by atoms with van der Waals surface area (Å²) in [6.07, 6.45) is 6.18. The van der Waals surface area contributed by atoms with Gasteiger partial charge in [0.1, 0.15) is 0 Å². The Hall–Kier alpha value is -1.75. The Labute approximate surface area is 116 Å². The van der Waals surface area contributed by atoms with E-state index in [9.17, 15) is 8.78 Å². The number of halogens is 2. The lowest BCUT2D eigenvalue weighted by Crippen LogP contribution is -2.25. The van der Waals surface area contributed by atoms with Crippen LogP contribution in [0.4, 0.5) is 8.78 Å². The number of nitrogens with zero attached hydrogens (tertiary/aromatic N) is 3. The maximum atomic E-state index is 13.3. The van der Waals surface area contributed by atoms with Gasteiger partial charge in [-0.05, 0) is 30.5 Å². The predicted molar refractivity (Wildman–Crippen MR) is 71.8 cm³/mol. The van der Waals surface area contributed by atoms with E-state index in [1.165, 1.54) is 25.0 Å². The van der Waals surface area contributed by atoms with E-state index < -0.39 is 11.6 Å². The Kier molecular flexibility index (Phi) is 3.53. The first-order chi connectivity index (χ1) is 9.61. The van der Waals surface area contributed by atoms with Gasteiger partial charge in [0.05, 0.1) is 6.20 Å². The van der Waals surface area contributed by atoms with Crippen molar-refractivity contribution in [3.63, 3.8) is 0 Å². The number of rotatable bonds is 5. The molecule has 106 valence electrons. The fourth-order valence-electron chi connectivity index (χ4n) is 2.41. The molecule has 1 aromatic heterocycles. The molecule has 0 N–H and O–H groups in total. The van der Waals surface area contributed by atoms with Crippen molar-refractivity contribution in [3.8, 4) is 0 Å². The Morgan fingerprint density at radius 1 is 1.20 bits per heavy atom. The number of aryl methyl sites for hydroxylation is 1. The number of aromatic nitrogens is 2. The molecule has 1 fully saturated rings.